The summed E-state index contributed by atoms with van der Waals surface area (Å²) in [5, 5.41) is 22.6. The number of benzene rings is 2. The third-order valence-corrected chi connectivity index (χ3v) is 1.92. The number of hydrogen-bond donors (Lipinski definition) is 0. The molecule has 0 atom stereocenters. The summed E-state index contributed by atoms with van der Waals surface area (Å²) >= 11 is 0. The van der Waals surface area contributed by atoms with Crippen molar-refractivity contribution in [2.45, 2.75) is 0 Å². The molecule has 3 nitrogen and oxygen atoms in total. The van der Waals surface area contributed by atoms with Crippen molar-refractivity contribution in [1.29, 1.82) is 0 Å². The summed E-state index contributed by atoms with van der Waals surface area (Å²) in [5.74, 6) is -0.136. The van der Waals surface area contributed by atoms with Gasteiger partial charge in [-0.1, -0.05) is 47.9 Å². The normalized spacial score (nSPS) is 9.25. The Morgan fingerprint density at radius 2 is 1.06 bits per heavy atom. The monoisotopic (exact) mass is 240 g/mol. The van der Waals surface area contributed by atoms with Gasteiger partial charge in [0.15, 0.2) is 0 Å². The van der Waals surface area contributed by atoms with E-state index in [1.807, 2.05) is 0 Å². The van der Waals surface area contributed by atoms with Gasteiger partial charge in [0.1, 0.15) is 11.5 Å². The maximum absolute atomic E-state index is 11.3. The molecule has 0 saturated heterocycles. The Kier molecular flexibility index (Phi) is 4.93. The second-order valence-electron chi connectivity index (χ2n) is 3.00. The van der Waals surface area contributed by atoms with E-state index in [1.54, 1.807) is 24.3 Å². The summed E-state index contributed by atoms with van der Waals surface area (Å²) in [6, 6.07) is 12.5. The zero-order valence-corrected chi connectivity index (χ0v) is 10.8. The molecule has 0 aromatic heterocycles. The van der Waals surface area contributed by atoms with Gasteiger partial charge in [-0.2, -0.15) is 0 Å². The van der Waals surface area contributed by atoms with Crippen LogP contribution < -0.4 is 14.9 Å². The minimum atomic E-state index is -0.235. The Labute approximate surface area is 123 Å². The van der Waals surface area contributed by atoms with Crippen LogP contribution in [0.4, 0.5) is 0 Å². The maximum Gasteiger partial charge on any atom is 2.00 e. The van der Waals surface area contributed by atoms with E-state index in [9.17, 15) is 10.2 Å². The second-order valence-corrected chi connectivity index (χ2v) is 3.00. The molecule has 0 heterocycles. The molecule has 0 aliphatic rings. The molecule has 2 rings (SSSR count). The van der Waals surface area contributed by atoms with Gasteiger partial charge in [0.05, 0.1) is 0 Å². The van der Waals surface area contributed by atoms with Crippen LogP contribution in [0.3, 0.4) is 0 Å². The number of hydrogen-bond acceptors (Lipinski definition) is 3. The summed E-state index contributed by atoms with van der Waals surface area (Å²) < 4.78 is 5.21. The zero-order valence-electron chi connectivity index (χ0n) is 8.55. The molecular weight excluding hydrogens is 232 g/mol. The molecule has 0 unspecified atom stereocenters. The van der Waals surface area contributed by atoms with Gasteiger partial charge in [-0.3, -0.25) is 0 Å². The first-order valence-corrected chi connectivity index (χ1v) is 4.47. The summed E-state index contributed by atoms with van der Waals surface area (Å²) in [4.78, 5) is 0. The predicted octanol–water partition coefficient (Wildman–Crippen LogP) is 1.25. The van der Waals surface area contributed by atoms with E-state index in [1.165, 1.54) is 24.3 Å². The van der Waals surface area contributed by atoms with Gasteiger partial charge >= 0.3 is 37.7 Å². The van der Waals surface area contributed by atoms with Gasteiger partial charge < -0.3 is 14.9 Å². The minimum absolute atomic E-state index is 0. The average Bonchev–Trinajstić information content (AvgIpc) is 2.24. The third-order valence-electron chi connectivity index (χ3n) is 1.92. The molecule has 2 aromatic rings. The smallest absolute Gasteiger partial charge is 0.870 e. The Morgan fingerprint density at radius 1 is 0.688 bits per heavy atom. The Hall–Kier alpha value is -0.900. The van der Waals surface area contributed by atoms with Gasteiger partial charge in [-0.15, -0.1) is 0 Å². The van der Waals surface area contributed by atoms with Crippen molar-refractivity contribution >= 4 is 37.7 Å². The molecule has 0 aliphatic carbocycles. The summed E-state index contributed by atoms with van der Waals surface area (Å²) in [7, 11) is 0. The molecule has 2 aromatic carbocycles. The molecule has 0 bridgehead atoms. The van der Waals surface area contributed by atoms with Crippen LogP contribution >= 0.6 is 0 Å². The first-order valence-electron chi connectivity index (χ1n) is 4.47. The van der Waals surface area contributed by atoms with Crippen molar-refractivity contribution in [2.24, 2.45) is 0 Å². The molecule has 0 saturated carbocycles. The molecular formula is C12H8CaO3. The van der Waals surface area contributed by atoms with Gasteiger partial charge in [0.2, 0.25) is 0 Å². The van der Waals surface area contributed by atoms with E-state index >= 15 is 0 Å². The van der Waals surface area contributed by atoms with Crippen molar-refractivity contribution in [3.8, 4) is 23.0 Å². The molecule has 0 radical (unpaired) electrons. The molecule has 16 heavy (non-hydrogen) atoms. The van der Waals surface area contributed by atoms with Gasteiger partial charge in [-0.25, -0.2) is 0 Å². The largest absolute Gasteiger partial charge is 2.00 e. The molecule has 0 amide bonds. The molecule has 4 heteroatoms. The molecule has 0 fully saturated rings. The zero-order chi connectivity index (χ0) is 10.7. The van der Waals surface area contributed by atoms with Crippen LogP contribution in [0.1, 0.15) is 0 Å². The van der Waals surface area contributed by atoms with Gasteiger partial charge in [0.25, 0.3) is 0 Å². The fraction of sp³-hybridized carbons (Fsp3) is 0. The first-order chi connectivity index (χ1) is 7.27. The molecule has 0 spiro atoms. The summed E-state index contributed by atoms with van der Waals surface area (Å²) in [6.45, 7) is 0. The quantitative estimate of drug-likeness (QED) is 0.742. The fourth-order valence-corrected chi connectivity index (χ4v) is 1.19. The van der Waals surface area contributed by atoms with Gasteiger partial charge in [-0.05, 0) is 12.1 Å². The Bertz CT molecular complexity index is 428. The summed E-state index contributed by atoms with van der Waals surface area (Å²) in [6.07, 6.45) is 0. The van der Waals surface area contributed by atoms with Crippen molar-refractivity contribution in [1.82, 2.24) is 0 Å². The van der Waals surface area contributed by atoms with E-state index < -0.39 is 0 Å². The van der Waals surface area contributed by atoms with E-state index in [-0.39, 0.29) is 60.7 Å². The van der Waals surface area contributed by atoms with E-state index in [0.29, 0.717) is 0 Å². The standard InChI is InChI=1S/C12H10O3.Ca/c13-9-5-1-3-7-11(9)15-12-8-4-2-6-10(12)14;/h1-8,13-14H;/q;+2/p-2. The third kappa shape index (κ3) is 3.04. The minimum Gasteiger partial charge on any atom is -0.870 e. The summed E-state index contributed by atoms with van der Waals surface area (Å²) in [5.41, 5.74) is 0. The van der Waals surface area contributed by atoms with E-state index in [0.717, 1.165) is 0 Å². The fourth-order valence-electron chi connectivity index (χ4n) is 1.19. The van der Waals surface area contributed by atoms with Crippen LogP contribution in [0.25, 0.3) is 0 Å². The van der Waals surface area contributed by atoms with Crippen LogP contribution in [-0.4, -0.2) is 37.7 Å². The molecule has 0 aliphatic heterocycles. The number of ether oxygens (including phenoxy) is 1. The first kappa shape index (κ1) is 13.2. The van der Waals surface area contributed by atoms with Crippen LogP contribution in [0.15, 0.2) is 48.5 Å². The van der Waals surface area contributed by atoms with Crippen molar-refractivity contribution in [3.05, 3.63) is 48.5 Å². The van der Waals surface area contributed by atoms with Crippen LogP contribution in [0, 0.1) is 0 Å². The number of rotatable bonds is 2. The van der Waals surface area contributed by atoms with Crippen molar-refractivity contribution in [3.63, 3.8) is 0 Å². The van der Waals surface area contributed by atoms with E-state index in [4.69, 9.17) is 4.74 Å². The van der Waals surface area contributed by atoms with Crippen molar-refractivity contribution in [2.75, 3.05) is 0 Å². The molecule has 76 valence electrons. The van der Waals surface area contributed by atoms with Crippen LogP contribution in [-0.2, 0) is 0 Å². The SMILES string of the molecule is [Ca+2].[O-]c1ccccc1Oc1ccccc1[O-]. The second kappa shape index (κ2) is 5.99. The number of para-hydroxylation sites is 4. The average molecular weight is 240 g/mol. The Balaban J connectivity index is 0.00000128. The molecule has 0 N–H and O–H groups in total. The predicted molar refractivity (Wildman–Crippen MR) is 57.6 cm³/mol. The Morgan fingerprint density at radius 3 is 1.44 bits per heavy atom. The van der Waals surface area contributed by atoms with Crippen LogP contribution in [0.2, 0.25) is 0 Å². The van der Waals surface area contributed by atoms with Crippen LogP contribution in [0.5, 0.6) is 23.0 Å². The van der Waals surface area contributed by atoms with Crippen molar-refractivity contribution < 1.29 is 14.9 Å². The van der Waals surface area contributed by atoms with E-state index in [2.05, 4.69) is 0 Å². The maximum atomic E-state index is 11.3. The topological polar surface area (TPSA) is 55.3 Å². The van der Waals surface area contributed by atoms with Gasteiger partial charge in [0, 0.05) is 0 Å².